The number of methoxy groups -OCH3 is 1. The number of anilines is 1. The van der Waals surface area contributed by atoms with Gasteiger partial charge in [0.25, 0.3) is 0 Å². The highest BCUT2D eigenvalue weighted by molar-refractivity contribution is 5.50. The van der Waals surface area contributed by atoms with Crippen LogP contribution in [-0.2, 0) is 17.8 Å². The topological polar surface area (TPSA) is 77.5 Å². The van der Waals surface area contributed by atoms with Gasteiger partial charge in [0.05, 0.1) is 12.3 Å². The van der Waals surface area contributed by atoms with E-state index in [1.807, 2.05) is 10.6 Å². The lowest BCUT2D eigenvalue weighted by atomic mass is 10.2. The molecule has 3 N–H and O–H groups in total. The fourth-order valence-corrected chi connectivity index (χ4v) is 2.12. The summed E-state index contributed by atoms with van der Waals surface area (Å²) in [6.07, 6.45) is 2.97. The number of hydrogen-bond donors (Lipinski definition) is 2. The molecule has 20 heavy (non-hydrogen) atoms. The van der Waals surface area contributed by atoms with Crippen molar-refractivity contribution in [3.05, 3.63) is 23.5 Å². The summed E-state index contributed by atoms with van der Waals surface area (Å²) in [6.45, 7) is 4.16. The molecule has 0 unspecified atom stereocenters. The summed E-state index contributed by atoms with van der Waals surface area (Å²) in [5.41, 5.74) is 8.36. The summed E-state index contributed by atoms with van der Waals surface area (Å²) >= 11 is 0. The molecule has 0 aliphatic heterocycles. The number of fused-ring (bicyclic) bond motifs is 1. The molecule has 0 fully saturated rings. The Morgan fingerprint density at radius 1 is 1.35 bits per heavy atom. The van der Waals surface area contributed by atoms with Crippen LogP contribution in [-0.4, -0.2) is 34.8 Å². The summed E-state index contributed by atoms with van der Waals surface area (Å²) in [5, 5.41) is 7.90. The smallest absolute Gasteiger partial charge is 0.157 e. The zero-order valence-electron chi connectivity index (χ0n) is 12.2. The quantitative estimate of drug-likeness (QED) is 0.716. The van der Waals surface area contributed by atoms with E-state index in [0.717, 1.165) is 48.7 Å². The molecule has 0 aromatic carbocycles. The highest BCUT2D eigenvalue weighted by Crippen LogP contribution is 2.16. The lowest BCUT2D eigenvalue weighted by Gasteiger charge is -2.09. The van der Waals surface area contributed by atoms with Crippen LogP contribution in [0.15, 0.2) is 12.1 Å². The summed E-state index contributed by atoms with van der Waals surface area (Å²) in [4.78, 5) is 4.64. The van der Waals surface area contributed by atoms with Crippen molar-refractivity contribution in [1.29, 1.82) is 0 Å². The molecule has 0 aliphatic rings. The molecular weight excluding hydrogens is 254 g/mol. The Balaban J connectivity index is 2.33. The molecule has 110 valence electrons. The highest BCUT2D eigenvalue weighted by Gasteiger charge is 2.09. The molecule has 2 aromatic rings. The van der Waals surface area contributed by atoms with Crippen LogP contribution in [0, 0.1) is 0 Å². The van der Waals surface area contributed by atoms with Gasteiger partial charge in [-0.15, -0.1) is 0 Å². The number of aryl methyl sites for hydroxylation is 1. The maximum absolute atomic E-state index is 5.54. The Bertz CT molecular complexity index is 552. The van der Waals surface area contributed by atoms with Gasteiger partial charge in [-0.1, -0.05) is 13.3 Å². The molecule has 0 amide bonds. The molecule has 2 heterocycles. The zero-order chi connectivity index (χ0) is 14.4. The predicted molar refractivity (Wildman–Crippen MR) is 79.9 cm³/mol. The zero-order valence-corrected chi connectivity index (χ0v) is 12.2. The third kappa shape index (κ3) is 3.46. The second-order valence-electron chi connectivity index (χ2n) is 4.79. The molecular formula is C14H23N5O. The molecule has 0 saturated heterocycles. The molecule has 0 saturated carbocycles. The third-order valence-electron chi connectivity index (χ3n) is 3.02. The van der Waals surface area contributed by atoms with Crippen LogP contribution in [0.3, 0.4) is 0 Å². The largest absolute Gasteiger partial charge is 0.378 e. The standard InChI is InChI=1S/C14H23N5O/c1-3-5-11-8-13(16-7-4-6-15)19-14(17-11)9-12(18-19)10-20-2/h8-9,16H,3-7,10,15H2,1-2H3. The fraction of sp³-hybridized carbons (Fsp3) is 0.571. The molecule has 2 aromatic heterocycles. The van der Waals surface area contributed by atoms with E-state index in [2.05, 4.69) is 28.4 Å². The van der Waals surface area contributed by atoms with Crippen molar-refractivity contribution < 1.29 is 4.74 Å². The van der Waals surface area contributed by atoms with E-state index in [-0.39, 0.29) is 0 Å². The molecule has 6 heteroatoms. The van der Waals surface area contributed by atoms with Crippen molar-refractivity contribution in [2.45, 2.75) is 32.8 Å². The van der Waals surface area contributed by atoms with E-state index in [4.69, 9.17) is 10.5 Å². The van der Waals surface area contributed by atoms with Gasteiger partial charge in [0, 0.05) is 31.5 Å². The van der Waals surface area contributed by atoms with Crippen LogP contribution in [0.4, 0.5) is 5.82 Å². The van der Waals surface area contributed by atoms with Gasteiger partial charge in [-0.25, -0.2) is 4.98 Å². The van der Waals surface area contributed by atoms with Crippen LogP contribution in [0.25, 0.3) is 5.65 Å². The maximum Gasteiger partial charge on any atom is 0.157 e. The first-order chi connectivity index (χ1) is 9.78. The second-order valence-corrected chi connectivity index (χ2v) is 4.79. The van der Waals surface area contributed by atoms with E-state index in [0.29, 0.717) is 13.2 Å². The minimum absolute atomic E-state index is 0.495. The number of nitrogens with zero attached hydrogens (tertiary/aromatic N) is 3. The SMILES string of the molecule is CCCc1cc(NCCCN)n2nc(COC)cc2n1. The van der Waals surface area contributed by atoms with Crippen molar-refractivity contribution in [3.63, 3.8) is 0 Å². The monoisotopic (exact) mass is 277 g/mol. The average molecular weight is 277 g/mol. The first-order valence-electron chi connectivity index (χ1n) is 7.10. The summed E-state index contributed by atoms with van der Waals surface area (Å²) in [6, 6.07) is 4.04. The van der Waals surface area contributed by atoms with E-state index >= 15 is 0 Å². The van der Waals surface area contributed by atoms with Gasteiger partial charge in [0.15, 0.2) is 5.65 Å². The number of rotatable bonds is 8. The Morgan fingerprint density at radius 2 is 2.20 bits per heavy atom. The van der Waals surface area contributed by atoms with Gasteiger partial charge in [-0.3, -0.25) is 0 Å². The number of ether oxygens (including phenoxy) is 1. The Hall–Kier alpha value is -1.66. The number of hydrogen-bond acceptors (Lipinski definition) is 5. The highest BCUT2D eigenvalue weighted by atomic mass is 16.5. The molecule has 2 rings (SSSR count). The van der Waals surface area contributed by atoms with Crippen LogP contribution < -0.4 is 11.1 Å². The predicted octanol–water partition coefficient (Wildman–Crippen LogP) is 1.59. The number of aromatic nitrogens is 3. The number of nitrogens with two attached hydrogens (primary N) is 1. The Kier molecular flexibility index (Phi) is 5.31. The molecule has 6 nitrogen and oxygen atoms in total. The molecule has 0 radical (unpaired) electrons. The molecule has 0 atom stereocenters. The Morgan fingerprint density at radius 3 is 2.90 bits per heavy atom. The van der Waals surface area contributed by atoms with Gasteiger partial charge < -0.3 is 15.8 Å². The van der Waals surface area contributed by atoms with Crippen LogP contribution in [0.5, 0.6) is 0 Å². The van der Waals surface area contributed by atoms with Crippen LogP contribution >= 0.6 is 0 Å². The van der Waals surface area contributed by atoms with E-state index < -0.39 is 0 Å². The molecule has 0 spiro atoms. The molecule has 0 aliphatic carbocycles. The molecule has 0 bridgehead atoms. The van der Waals surface area contributed by atoms with E-state index in [1.54, 1.807) is 7.11 Å². The van der Waals surface area contributed by atoms with Gasteiger partial charge >= 0.3 is 0 Å². The van der Waals surface area contributed by atoms with Crippen molar-refractivity contribution in [3.8, 4) is 0 Å². The lowest BCUT2D eigenvalue weighted by Crippen LogP contribution is -2.12. The van der Waals surface area contributed by atoms with E-state index in [1.165, 1.54) is 0 Å². The summed E-state index contributed by atoms with van der Waals surface area (Å²) in [7, 11) is 1.67. The van der Waals surface area contributed by atoms with Crippen molar-refractivity contribution in [2.75, 3.05) is 25.5 Å². The van der Waals surface area contributed by atoms with Gasteiger partial charge in [0.2, 0.25) is 0 Å². The normalized spacial score (nSPS) is 11.2. The first-order valence-corrected chi connectivity index (χ1v) is 7.10. The van der Waals surface area contributed by atoms with Gasteiger partial charge in [0.1, 0.15) is 5.82 Å². The summed E-state index contributed by atoms with van der Waals surface area (Å²) < 4.78 is 6.97. The minimum Gasteiger partial charge on any atom is -0.378 e. The van der Waals surface area contributed by atoms with Gasteiger partial charge in [-0.2, -0.15) is 9.61 Å². The minimum atomic E-state index is 0.495. The second kappa shape index (κ2) is 7.21. The average Bonchev–Trinajstić information content (AvgIpc) is 2.82. The van der Waals surface area contributed by atoms with Crippen molar-refractivity contribution >= 4 is 11.5 Å². The Labute approximate surface area is 119 Å². The lowest BCUT2D eigenvalue weighted by molar-refractivity contribution is 0.181. The van der Waals surface area contributed by atoms with Crippen LogP contribution in [0.1, 0.15) is 31.2 Å². The van der Waals surface area contributed by atoms with Crippen molar-refractivity contribution in [2.24, 2.45) is 5.73 Å². The first kappa shape index (κ1) is 14.7. The van der Waals surface area contributed by atoms with Crippen LogP contribution in [0.2, 0.25) is 0 Å². The maximum atomic E-state index is 5.54. The van der Waals surface area contributed by atoms with E-state index in [9.17, 15) is 0 Å². The van der Waals surface area contributed by atoms with Crippen molar-refractivity contribution in [1.82, 2.24) is 14.6 Å². The fourth-order valence-electron chi connectivity index (χ4n) is 2.12. The third-order valence-corrected chi connectivity index (χ3v) is 3.02. The summed E-state index contributed by atoms with van der Waals surface area (Å²) in [5.74, 6) is 0.967. The van der Waals surface area contributed by atoms with Gasteiger partial charge in [-0.05, 0) is 19.4 Å². The number of nitrogens with one attached hydrogen (secondary N) is 1.